The molecule has 0 saturated carbocycles. The summed E-state index contributed by atoms with van der Waals surface area (Å²) in [7, 11) is 1.63. The van der Waals surface area contributed by atoms with Crippen molar-refractivity contribution in [3.05, 3.63) is 52.8 Å². The van der Waals surface area contributed by atoms with E-state index in [1.807, 2.05) is 10.7 Å². The van der Waals surface area contributed by atoms with E-state index < -0.39 is 0 Å². The number of hydrogen-bond acceptors (Lipinski definition) is 4. The van der Waals surface area contributed by atoms with Gasteiger partial charge in [0, 0.05) is 26.7 Å². The Bertz CT molecular complexity index is 821. The molecular formula is C21H28N4O2. The number of aryl methyl sites for hydroxylation is 1. The Morgan fingerprint density at radius 1 is 1.26 bits per heavy atom. The van der Waals surface area contributed by atoms with E-state index in [1.54, 1.807) is 7.05 Å². The van der Waals surface area contributed by atoms with Crippen molar-refractivity contribution in [1.82, 2.24) is 20.0 Å². The average molecular weight is 368 g/mol. The van der Waals surface area contributed by atoms with E-state index in [1.165, 1.54) is 11.1 Å². The van der Waals surface area contributed by atoms with Crippen molar-refractivity contribution in [3.8, 4) is 0 Å². The van der Waals surface area contributed by atoms with E-state index in [0.717, 1.165) is 51.1 Å². The molecule has 1 N–H and O–H groups in total. The first-order chi connectivity index (χ1) is 13.1. The lowest BCUT2D eigenvalue weighted by molar-refractivity contribution is -0.124. The highest BCUT2D eigenvalue weighted by Gasteiger charge is 2.39. The third-order valence-electron chi connectivity index (χ3n) is 5.95. The van der Waals surface area contributed by atoms with Crippen LogP contribution in [-0.2, 0) is 30.9 Å². The summed E-state index contributed by atoms with van der Waals surface area (Å²) in [5, 5.41) is 7.13. The molecule has 0 aliphatic carbocycles. The Morgan fingerprint density at radius 2 is 2.00 bits per heavy atom. The van der Waals surface area contributed by atoms with Crippen molar-refractivity contribution < 1.29 is 9.53 Å². The molecule has 144 valence electrons. The summed E-state index contributed by atoms with van der Waals surface area (Å²) in [6, 6.07) is 10.6. The summed E-state index contributed by atoms with van der Waals surface area (Å²) in [6.07, 6.45) is 3.07. The Hall–Kier alpha value is -2.18. The largest absolute Gasteiger partial charge is 0.367 e. The Kier molecular flexibility index (Phi) is 5.02. The number of carbonyl (C=O) groups excluding carboxylic acids is 1. The second-order valence-corrected chi connectivity index (χ2v) is 7.63. The molecule has 1 amide bonds. The van der Waals surface area contributed by atoms with Gasteiger partial charge in [-0.1, -0.05) is 31.2 Å². The topological polar surface area (TPSA) is 59.4 Å². The van der Waals surface area contributed by atoms with Gasteiger partial charge in [0.25, 0.3) is 5.91 Å². The minimum atomic E-state index is -0.153. The molecule has 27 heavy (non-hydrogen) atoms. The lowest BCUT2D eigenvalue weighted by Gasteiger charge is -2.44. The smallest absolute Gasteiger partial charge is 0.271 e. The van der Waals surface area contributed by atoms with Crippen LogP contribution < -0.4 is 5.32 Å². The summed E-state index contributed by atoms with van der Waals surface area (Å²) in [6.45, 7) is 6.54. The molecule has 2 aromatic rings. The van der Waals surface area contributed by atoms with Crippen LogP contribution in [0.5, 0.6) is 0 Å². The van der Waals surface area contributed by atoms with E-state index in [4.69, 9.17) is 4.74 Å². The molecule has 1 fully saturated rings. The van der Waals surface area contributed by atoms with Gasteiger partial charge < -0.3 is 10.1 Å². The van der Waals surface area contributed by atoms with Crippen molar-refractivity contribution in [1.29, 1.82) is 0 Å². The first-order valence-electron chi connectivity index (χ1n) is 9.84. The lowest BCUT2D eigenvalue weighted by atomic mass is 9.89. The highest BCUT2D eigenvalue weighted by molar-refractivity contribution is 5.92. The first-order valence-corrected chi connectivity index (χ1v) is 9.84. The Morgan fingerprint density at radius 3 is 2.70 bits per heavy atom. The van der Waals surface area contributed by atoms with E-state index in [0.29, 0.717) is 12.3 Å². The number of fused-ring (bicyclic) bond motifs is 1. The zero-order valence-corrected chi connectivity index (χ0v) is 16.2. The van der Waals surface area contributed by atoms with Gasteiger partial charge in [-0.25, -0.2) is 0 Å². The van der Waals surface area contributed by atoms with E-state index in [-0.39, 0.29) is 11.5 Å². The average Bonchev–Trinajstić information content (AvgIpc) is 3.12. The van der Waals surface area contributed by atoms with Gasteiger partial charge in [0.1, 0.15) is 0 Å². The lowest BCUT2D eigenvalue weighted by Crippen LogP contribution is -2.50. The van der Waals surface area contributed by atoms with Crippen molar-refractivity contribution >= 4 is 5.91 Å². The zero-order valence-electron chi connectivity index (χ0n) is 16.2. The van der Waals surface area contributed by atoms with Gasteiger partial charge in [0.15, 0.2) is 5.69 Å². The van der Waals surface area contributed by atoms with Gasteiger partial charge in [0.05, 0.1) is 24.4 Å². The number of carbonyl (C=O) groups is 1. The molecule has 3 heterocycles. The van der Waals surface area contributed by atoms with Crippen molar-refractivity contribution in [2.24, 2.45) is 0 Å². The van der Waals surface area contributed by atoms with E-state index in [9.17, 15) is 4.79 Å². The molecule has 0 bridgehead atoms. The number of piperidine rings is 1. The monoisotopic (exact) mass is 368 g/mol. The Labute approximate surface area is 160 Å². The standard InChI is InChI=1S/C21H28N4O2/c1-3-16-6-4-5-7-17(16)13-24-10-8-21(9-11-24)15-25-18(14-27-21)12-19(23-25)20(26)22-2/h4-7,12H,3,8-11,13-15H2,1-2H3,(H,22,26). The minimum Gasteiger partial charge on any atom is -0.367 e. The third kappa shape index (κ3) is 3.64. The molecule has 0 atom stereocenters. The number of nitrogens with zero attached hydrogens (tertiary/aromatic N) is 3. The summed E-state index contributed by atoms with van der Waals surface area (Å²) >= 11 is 0. The first kappa shape index (κ1) is 18.2. The predicted octanol–water partition coefficient (Wildman–Crippen LogP) is 2.37. The molecule has 1 saturated heterocycles. The molecule has 1 aromatic carbocycles. The molecule has 0 radical (unpaired) electrons. The number of nitrogens with one attached hydrogen (secondary N) is 1. The van der Waals surface area contributed by atoms with Crippen LogP contribution in [0.4, 0.5) is 0 Å². The summed E-state index contributed by atoms with van der Waals surface area (Å²) in [5.74, 6) is -0.143. The second-order valence-electron chi connectivity index (χ2n) is 7.63. The van der Waals surface area contributed by atoms with Crippen LogP contribution in [0.3, 0.4) is 0 Å². The number of hydrogen-bond donors (Lipinski definition) is 1. The van der Waals surface area contributed by atoms with Crippen LogP contribution >= 0.6 is 0 Å². The fourth-order valence-corrected chi connectivity index (χ4v) is 4.21. The van der Waals surface area contributed by atoms with Crippen LogP contribution in [0.15, 0.2) is 30.3 Å². The molecule has 1 spiro atoms. The van der Waals surface area contributed by atoms with Crippen molar-refractivity contribution in [3.63, 3.8) is 0 Å². The highest BCUT2D eigenvalue weighted by Crippen LogP contribution is 2.33. The molecular weight excluding hydrogens is 340 g/mol. The van der Waals surface area contributed by atoms with Crippen LogP contribution in [-0.4, -0.2) is 46.3 Å². The zero-order chi connectivity index (χ0) is 18.9. The number of likely N-dealkylation sites (tertiary alicyclic amines) is 1. The number of rotatable bonds is 4. The molecule has 2 aliphatic rings. The van der Waals surface area contributed by atoms with Crippen LogP contribution in [0, 0.1) is 0 Å². The fraction of sp³-hybridized carbons (Fsp3) is 0.524. The number of benzene rings is 1. The molecule has 4 rings (SSSR count). The normalized spacial score (nSPS) is 19.0. The maximum atomic E-state index is 11.8. The predicted molar refractivity (Wildman–Crippen MR) is 103 cm³/mol. The molecule has 2 aliphatic heterocycles. The molecule has 0 unspecified atom stereocenters. The van der Waals surface area contributed by atoms with Gasteiger partial charge in [-0.15, -0.1) is 0 Å². The summed E-state index contributed by atoms with van der Waals surface area (Å²) in [5.41, 5.74) is 4.18. The number of amides is 1. The SMILES string of the molecule is CCc1ccccc1CN1CCC2(CC1)Cn1nc(C(=O)NC)cc1CO2. The quantitative estimate of drug-likeness (QED) is 0.900. The molecule has 6 heteroatoms. The highest BCUT2D eigenvalue weighted by atomic mass is 16.5. The third-order valence-corrected chi connectivity index (χ3v) is 5.95. The van der Waals surface area contributed by atoms with Crippen LogP contribution in [0.1, 0.15) is 47.1 Å². The van der Waals surface area contributed by atoms with Gasteiger partial charge in [-0.3, -0.25) is 14.4 Å². The maximum absolute atomic E-state index is 11.8. The van der Waals surface area contributed by atoms with Gasteiger partial charge in [0.2, 0.25) is 0 Å². The minimum absolute atomic E-state index is 0.143. The van der Waals surface area contributed by atoms with E-state index in [2.05, 4.69) is 46.5 Å². The number of ether oxygens (including phenoxy) is 1. The fourth-order valence-electron chi connectivity index (χ4n) is 4.21. The van der Waals surface area contributed by atoms with Crippen LogP contribution in [0.25, 0.3) is 0 Å². The van der Waals surface area contributed by atoms with E-state index >= 15 is 0 Å². The molecule has 1 aromatic heterocycles. The van der Waals surface area contributed by atoms with Crippen molar-refractivity contribution in [2.75, 3.05) is 20.1 Å². The van der Waals surface area contributed by atoms with Gasteiger partial charge in [-0.2, -0.15) is 5.10 Å². The van der Waals surface area contributed by atoms with Gasteiger partial charge in [-0.05, 0) is 36.5 Å². The Balaban J connectivity index is 1.40. The molecule has 6 nitrogen and oxygen atoms in total. The van der Waals surface area contributed by atoms with Gasteiger partial charge >= 0.3 is 0 Å². The van der Waals surface area contributed by atoms with Crippen molar-refractivity contribution in [2.45, 2.75) is 51.5 Å². The second kappa shape index (κ2) is 7.44. The number of aromatic nitrogens is 2. The van der Waals surface area contributed by atoms with Crippen LogP contribution in [0.2, 0.25) is 0 Å². The maximum Gasteiger partial charge on any atom is 0.271 e. The summed E-state index contributed by atoms with van der Waals surface area (Å²) < 4.78 is 8.25. The summed E-state index contributed by atoms with van der Waals surface area (Å²) in [4.78, 5) is 14.4.